The molecule has 1 amide bonds. The number of aromatic amines is 1. The lowest BCUT2D eigenvalue weighted by atomic mass is 10.00. The molecule has 0 unspecified atom stereocenters. The minimum atomic E-state index is -0.104. The third-order valence-electron chi connectivity index (χ3n) is 5.75. The van der Waals surface area contributed by atoms with Crippen molar-refractivity contribution in [1.29, 1.82) is 0 Å². The highest BCUT2D eigenvalue weighted by atomic mass is 35.5. The molecule has 0 atom stereocenters. The lowest BCUT2D eigenvalue weighted by molar-refractivity contribution is 0.0949. The first-order valence-electron chi connectivity index (χ1n) is 11.1. The maximum Gasteiger partial charge on any atom is 0.267 e. The molecule has 1 aromatic carbocycles. The Bertz CT molecular complexity index is 1370. The zero-order chi connectivity index (χ0) is 22.8. The van der Waals surface area contributed by atoms with Crippen LogP contribution in [0.15, 0.2) is 59.8 Å². The molecule has 0 bridgehead atoms. The highest BCUT2D eigenvalue weighted by Crippen LogP contribution is 2.30. The van der Waals surface area contributed by atoms with Crippen LogP contribution in [0.3, 0.4) is 0 Å². The summed E-state index contributed by atoms with van der Waals surface area (Å²) in [6.45, 7) is 1.23. The molecule has 0 saturated heterocycles. The number of carbonyl (C=O) groups is 1. The van der Waals surface area contributed by atoms with Crippen molar-refractivity contribution in [1.82, 2.24) is 24.9 Å². The normalized spacial score (nSPS) is 13.7. The quantitative estimate of drug-likeness (QED) is 0.293. The maximum absolute atomic E-state index is 12.5. The molecule has 3 aromatic heterocycles. The molecule has 3 heterocycles. The largest absolute Gasteiger partial charge is 0.370 e. The molecule has 0 saturated carbocycles. The molecule has 9 heteroatoms. The predicted molar refractivity (Wildman–Crippen MR) is 136 cm³/mol. The van der Waals surface area contributed by atoms with E-state index in [1.165, 1.54) is 0 Å². The van der Waals surface area contributed by atoms with Gasteiger partial charge in [0.15, 0.2) is 5.65 Å². The number of amides is 1. The molecule has 33 heavy (non-hydrogen) atoms. The fourth-order valence-corrected chi connectivity index (χ4v) is 4.26. The Labute approximate surface area is 197 Å². The Kier molecular flexibility index (Phi) is 5.92. The predicted octanol–water partition coefficient (Wildman–Crippen LogP) is 3.00. The first-order valence-corrected chi connectivity index (χ1v) is 11.5. The van der Waals surface area contributed by atoms with Gasteiger partial charge in [-0.2, -0.15) is 9.61 Å². The van der Waals surface area contributed by atoms with Gasteiger partial charge in [0.25, 0.3) is 5.91 Å². The molecule has 4 aromatic rings. The van der Waals surface area contributed by atoms with E-state index in [-0.39, 0.29) is 5.91 Å². The second kappa shape index (κ2) is 9.15. The number of hydrogen-bond donors (Lipinski definition) is 3. The summed E-state index contributed by atoms with van der Waals surface area (Å²) < 4.78 is 1.81. The molecular weight excluding hydrogens is 435 g/mol. The number of hydrogen-bond acceptors (Lipinski definition) is 4. The van der Waals surface area contributed by atoms with E-state index in [2.05, 4.69) is 26.8 Å². The summed E-state index contributed by atoms with van der Waals surface area (Å²) in [5.41, 5.74) is 5.13. The first-order chi connectivity index (χ1) is 16.1. The van der Waals surface area contributed by atoms with Gasteiger partial charge in [0.05, 0.1) is 5.69 Å². The fourth-order valence-electron chi connectivity index (χ4n) is 3.99. The Hall–Kier alpha value is -3.52. The molecule has 3 N–H and O–H groups in total. The van der Waals surface area contributed by atoms with Crippen LogP contribution in [-0.4, -0.2) is 46.4 Å². The second-order valence-electron chi connectivity index (χ2n) is 8.16. The third kappa shape index (κ3) is 4.39. The summed E-state index contributed by atoms with van der Waals surface area (Å²) in [7, 11) is 2.00. The van der Waals surface area contributed by atoms with E-state index in [9.17, 15) is 4.79 Å². The van der Waals surface area contributed by atoms with Crippen molar-refractivity contribution >= 4 is 58.8 Å². The van der Waals surface area contributed by atoms with Crippen LogP contribution in [0.5, 0.6) is 0 Å². The van der Waals surface area contributed by atoms with Crippen LogP contribution in [0.2, 0.25) is 0 Å². The number of allylic oxidation sites excluding steroid dienone is 4. The standard InChI is InChI=1S/C24H24BClN6O/c25-17-14-29-32-22(13-20(31-23(17)32)16-7-2-3-8-18(16)26)27-10-5-11-28-24(33)21-12-15-6-1-4-9-19(15)30-21/h1-2,4,6-7,9,12-14,27,30H,3,5,8,10-11,25H2,(H,28,33). The number of carbonyl (C=O) groups excluding carboxylic acids is 1. The first kappa shape index (κ1) is 21.3. The highest BCUT2D eigenvalue weighted by Gasteiger charge is 2.15. The van der Waals surface area contributed by atoms with Gasteiger partial charge >= 0.3 is 0 Å². The van der Waals surface area contributed by atoms with Crippen molar-refractivity contribution in [2.75, 3.05) is 18.4 Å². The Morgan fingerprint density at radius 1 is 1.24 bits per heavy atom. The van der Waals surface area contributed by atoms with Crippen molar-refractivity contribution in [2.24, 2.45) is 0 Å². The number of fused-ring (bicyclic) bond motifs is 2. The number of aromatic nitrogens is 4. The number of nitrogens with one attached hydrogen (secondary N) is 3. The molecular formula is C24H24BClN6O. The number of para-hydroxylation sites is 1. The lowest BCUT2D eigenvalue weighted by Gasteiger charge is -2.14. The minimum Gasteiger partial charge on any atom is -0.370 e. The average Bonchev–Trinajstić information content (AvgIpc) is 3.43. The van der Waals surface area contributed by atoms with Crippen LogP contribution in [0.4, 0.5) is 5.82 Å². The molecule has 0 fully saturated rings. The molecule has 1 aliphatic rings. The van der Waals surface area contributed by atoms with E-state index in [0.29, 0.717) is 18.8 Å². The maximum atomic E-state index is 12.5. The van der Waals surface area contributed by atoms with Gasteiger partial charge < -0.3 is 15.6 Å². The van der Waals surface area contributed by atoms with E-state index in [1.54, 1.807) is 0 Å². The van der Waals surface area contributed by atoms with Gasteiger partial charge in [-0.1, -0.05) is 42.0 Å². The third-order valence-corrected chi connectivity index (χ3v) is 6.14. The van der Waals surface area contributed by atoms with E-state index in [1.807, 2.05) is 61.0 Å². The topological polar surface area (TPSA) is 87.1 Å². The minimum absolute atomic E-state index is 0.104. The molecule has 166 valence electrons. The zero-order valence-corrected chi connectivity index (χ0v) is 19.1. The van der Waals surface area contributed by atoms with E-state index < -0.39 is 0 Å². The van der Waals surface area contributed by atoms with Gasteiger partial charge in [0.1, 0.15) is 19.4 Å². The van der Waals surface area contributed by atoms with Gasteiger partial charge in [-0.25, -0.2) is 4.98 Å². The van der Waals surface area contributed by atoms with Crippen molar-refractivity contribution < 1.29 is 4.79 Å². The summed E-state index contributed by atoms with van der Waals surface area (Å²) in [4.78, 5) is 20.4. The van der Waals surface area contributed by atoms with Crippen LogP contribution < -0.4 is 16.1 Å². The second-order valence-corrected chi connectivity index (χ2v) is 8.61. The van der Waals surface area contributed by atoms with Crippen LogP contribution >= 0.6 is 11.6 Å². The number of anilines is 1. The SMILES string of the molecule is Bc1cnn2c(NCCCNC(=O)c3cc4ccccc4[nH]3)cc(C3=C(Cl)CCC=C3)nc12. The average molecular weight is 459 g/mol. The smallest absolute Gasteiger partial charge is 0.267 e. The summed E-state index contributed by atoms with van der Waals surface area (Å²) in [6.07, 6.45) is 8.52. The summed E-state index contributed by atoms with van der Waals surface area (Å²) >= 11 is 6.49. The van der Waals surface area contributed by atoms with Crippen LogP contribution in [-0.2, 0) is 0 Å². The van der Waals surface area contributed by atoms with Crippen molar-refractivity contribution in [3.05, 3.63) is 71.2 Å². The van der Waals surface area contributed by atoms with Crippen LogP contribution in [0.25, 0.3) is 22.1 Å². The molecule has 0 radical (unpaired) electrons. The van der Waals surface area contributed by atoms with Crippen molar-refractivity contribution in [2.45, 2.75) is 19.3 Å². The molecule has 7 nitrogen and oxygen atoms in total. The zero-order valence-electron chi connectivity index (χ0n) is 18.4. The monoisotopic (exact) mass is 458 g/mol. The van der Waals surface area contributed by atoms with Crippen LogP contribution in [0.1, 0.15) is 35.4 Å². The van der Waals surface area contributed by atoms with Crippen LogP contribution in [0, 0.1) is 0 Å². The Balaban J connectivity index is 1.24. The van der Waals surface area contributed by atoms with E-state index in [4.69, 9.17) is 16.6 Å². The van der Waals surface area contributed by atoms with Gasteiger partial charge in [-0.05, 0) is 36.9 Å². The summed E-state index contributed by atoms with van der Waals surface area (Å²) in [5.74, 6) is 0.745. The molecule has 5 rings (SSSR count). The summed E-state index contributed by atoms with van der Waals surface area (Å²) in [6, 6.07) is 11.7. The highest BCUT2D eigenvalue weighted by molar-refractivity contribution is 6.36. The Morgan fingerprint density at radius 3 is 2.97 bits per heavy atom. The number of rotatable bonds is 7. The molecule has 0 aliphatic heterocycles. The van der Waals surface area contributed by atoms with Gasteiger partial charge in [0.2, 0.25) is 0 Å². The van der Waals surface area contributed by atoms with Gasteiger partial charge in [0, 0.05) is 46.9 Å². The van der Waals surface area contributed by atoms with Gasteiger partial charge in [-0.15, -0.1) is 0 Å². The number of nitrogens with zero attached hydrogens (tertiary/aromatic N) is 3. The van der Waals surface area contributed by atoms with Gasteiger partial charge in [-0.3, -0.25) is 4.79 Å². The number of benzene rings is 1. The van der Waals surface area contributed by atoms with E-state index in [0.717, 1.165) is 63.4 Å². The molecule has 0 spiro atoms. The van der Waals surface area contributed by atoms with E-state index >= 15 is 0 Å². The van der Waals surface area contributed by atoms with Crippen molar-refractivity contribution in [3.8, 4) is 0 Å². The number of H-pyrrole nitrogens is 1. The van der Waals surface area contributed by atoms with Crippen molar-refractivity contribution in [3.63, 3.8) is 0 Å². The lowest BCUT2D eigenvalue weighted by Crippen LogP contribution is -2.26. The Morgan fingerprint density at radius 2 is 2.12 bits per heavy atom. The summed E-state index contributed by atoms with van der Waals surface area (Å²) in [5, 5.41) is 12.7. The fraction of sp³-hybridized carbons (Fsp3) is 0.208. The molecule has 1 aliphatic carbocycles. The number of halogens is 1.